The number of hydrogen-bond acceptors (Lipinski definition) is 5. The van der Waals surface area contributed by atoms with Crippen molar-refractivity contribution in [3.8, 4) is 0 Å². The molecule has 0 unspecified atom stereocenters. The summed E-state index contributed by atoms with van der Waals surface area (Å²) in [5.74, 6) is -0.141. The van der Waals surface area contributed by atoms with Crippen LogP contribution in [-0.4, -0.2) is 60.6 Å². The molecule has 5 nitrogen and oxygen atoms in total. The number of rotatable bonds is 6. The number of fused-ring (bicyclic) bond motifs is 1. The number of aryl methyl sites for hydroxylation is 1. The molecule has 5 heteroatoms. The molecule has 2 saturated heterocycles. The summed E-state index contributed by atoms with van der Waals surface area (Å²) in [6, 6.07) is 24.3. The third-order valence-corrected chi connectivity index (χ3v) is 8.80. The van der Waals surface area contributed by atoms with Gasteiger partial charge in [0.2, 0.25) is 0 Å². The molecule has 196 valence electrons. The fraction of sp³-hybridized carbons (Fsp3) is 0.394. The van der Waals surface area contributed by atoms with Crippen molar-refractivity contribution in [2.45, 2.75) is 44.7 Å². The summed E-state index contributed by atoms with van der Waals surface area (Å²) in [6.45, 7) is 8.14. The molecule has 0 saturated carbocycles. The molecule has 6 rings (SSSR count). The van der Waals surface area contributed by atoms with Crippen molar-refractivity contribution in [3.05, 3.63) is 101 Å². The van der Waals surface area contributed by atoms with Crippen LogP contribution in [0.1, 0.15) is 63.6 Å². The second-order valence-electron chi connectivity index (χ2n) is 10.9. The van der Waals surface area contributed by atoms with E-state index in [0.717, 1.165) is 50.4 Å². The molecule has 0 amide bonds. The molecule has 3 aromatic carbocycles. The maximum absolute atomic E-state index is 14.3. The molecule has 0 atom stereocenters. The minimum atomic E-state index is -1.29. The van der Waals surface area contributed by atoms with Gasteiger partial charge in [-0.05, 0) is 54.5 Å². The van der Waals surface area contributed by atoms with Crippen LogP contribution in [0.15, 0.2) is 72.8 Å². The van der Waals surface area contributed by atoms with Crippen molar-refractivity contribution in [1.82, 2.24) is 9.80 Å². The molecule has 3 aliphatic rings. The van der Waals surface area contributed by atoms with Crippen LogP contribution in [0.3, 0.4) is 0 Å². The number of nitrogens with zero attached hydrogens (tertiary/aromatic N) is 3. The lowest BCUT2D eigenvalue weighted by molar-refractivity contribution is 0.0279. The standard InChI is InChI=1S/C33H37N3O2/c1-2-25-11-4-5-12-26(25)24-34-19-21-36(22-20-34)33(31(37)29-15-6-7-16-30(29)32(33)38)27-13-10-14-28(23-27)35-17-8-3-9-18-35/h4-7,10-16,23H,2-3,8-9,17-22,24H2,1H3. The number of benzene rings is 3. The van der Waals surface area contributed by atoms with Crippen LogP contribution in [0.25, 0.3) is 0 Å². The quantitative estimate of drug-likeness (QED) is 0.422. The maximum Gasteiger partial charge on any atom is 0.196 e. The number of piperidine rings is 1. The normalized spacial score (nSPS) is 20.1. The average Bonchev–Trinajstić information content (AvgIpc) is 3.21. The molecular weight excluding hydrogens is 470 g/mol. The highest BCUT2D eigenvalue weighted by Gasteiger charge is 2.58. The smallest absolute Gasteiger partial charge is 0.196 e. The Kier molecular flexibility index (Phi) is 6.89. The predicted molar refractivity (Wildman–Crippen MR) is 152 cm³/mol. The van der Waals surface area contributed by atoms with Crippen molar-refractivity contribution in [3.63, 3.8) is 0 Å². The second kappa shape index (κ2) is 10.5. The van der Waals surface area contributed by atoms with E-state index in [1.54, 1.807) is 0 Å². The largest absolute Gasteiger partial charge is 0.372 e. The zero-order valence-electron chi connectivity index (χ0n) is 22.4. The Morgan fingerprint density at radius 2 is 1.32 bits per heavy atom. The second-order valence-corrected chi connectivity index (χ2v) is 10.9. The first-order valence-electron chi connectivity index (χ1n) is 14.2. The molecule has 0 aromatic heterocycles. The lowest BCUT2D eigenvalue weighted by Gasteiger charge is -2.44. The van der Waals surface area contributed by atoms with Crippen molar-refractivity contribution in [2.24, 2.45) is 0 Å². The zero-order valence-corrected chi connectivity index (χ0v) is 22.4. The summed E-state index contributed by atoms with van der Waals surface area (Å²) in [5, 5.41) is 0. The lowest BCUT2D eigenvalue weighted by Crippen LogP contribution is -2.60. The van der Waals surface area contributed by atoms with E-state index < -0.39 is 5.54 Å². The van der Waals surface area contributed by atoms with E-state index in [-0.39, 0.29) is 11.6 Å². The average molecular weight is 508 g/mol. The number of anilines is 1. The number of Topliss-reactive ketones (excluding diaryl/α,β-unsaturated/α-hetero) is 2. The van der Waals surface area contributed by atoms with Crippen molar-refractivity contribution in [2.75, 3.05) is 44.2 Å². The van der Waals surface area contributed by atoms with Crippen molar-refractivity contribution >= 4 is 17.3 Å². The summed E-state index contributed by atoms with van der Waals surface area (Å²) in [6.07, 6.45) is 4.65. The van der Waals surface area contributed by atoms with Gasteiger partial charge in [0.15, 0.2) is 17.1 Å². The molecule has 38 heavy (non-hydrogen) atoms. The van der Waals surface area contributed by atoms with Crippen molar-refractivity contribution < 1.29 is 9.59 Å². The first kappa shape index (κ1) is 25.0. The molecule has 0 N–H and O–H groups in total. The Labute approximate surface area is 226 Å². The minimum Gasteiger partial charge on any atom is -0.372 e. The SMILES string of the molecule is CCc1ccccc1CN1CCN(C2(c3cccc(N4CCCCC4)c3)C(=O)c3ccccc3C2=O)CC1. The van der Waals surface area contributed by atoms with Gasteiger partial charge in [0.25, 0.3) is 0 Å². The lowest BCUT2D eigenvalue weighted by atomic mass is 9.82. The van der Waals surface area contributed by atoms with Crippen LogP contribution >= 0.6 is 0 Å². The third-order valence-electron chi connectivity index (χ3n) is 8.80. The van der Waals surface area contributed by atoms with Gasteiger partial charge in [-0.1, -0.05) is 67.6 Å². The van der Waals surface area contributed by atoms with Gasteiger partial charge >= 0.3 is 0 Å². The van der Waals surface area contributed by atoms with Crippen LogP contribution in [0, 0.1) is 0 Å². The Balaban J connectivity index is 1.33. The highest BCUT2D eigenvalue weighted by molar-refractivity contribution is 6.32. The van der Waals surface area contributed by atoms with Gasteiger partial charge in [0.05, 0.1) is 0 Å². The van der Waals surface area contributed by atoms with E-state index in [0.29, 0.717) is 24.2 Å². The van der Waals surface area contributed by atoms with Gasteiger partial charge < -0.3 is 4.90 Å². The molecule has 1 aliphatic carbocycles. The number of hydrogen-bond donors (Lipinski definition) is 0. The summed E-state index contributed by atoms with van der Waals surface area (Å²) in [4.78, 5) is 35.6. The zero-order chi connectivity index (χ0) is 26.1. The number of carbonyl (C=O) groups excluding carboxylic acids is 2. The summed E-state index contributed by atoms with van der Waals surface area (Å²) >= 11 is 0. The Hall–Kier alpha value is -3.28. The Bertz CT molecular complexity index is 1300. The van der Waals surface area contributed by atoms with Crippen molar-refractivity contribution in [1.29, 1.82) is 0 Å². The van der Waals surface area contributed by atoms with E-state index in [4.69, 9.17) is 0 Å². The maximum atomic E-state index is 14.3. The minimum absolute atomic E-state index is 0.0707. The number of piperazine rings is 1. The van der Waals surface area contributed by atoms with Gasteiger partial charge in [0, 0.05) is 62.6 Å². The van der Waals surface area contributed by atoms with Gasteiger partial charge in [-0.15, -0.1) is 0 Å². The first-order chi connectivity index (χ1) is 18.6. The summed E-state index contributed by atoms with van der Waals surface area (Å²) < 4.78 is 0. The van der Waals surface area contributed by atoms with E-state index in [1.165, 1.54) is 30.4 Å². The molecular formula is C33H37N3O2. The van der Waals surface area contributed by atoms with Crippen LogP contribution in [0.2, 0.25) is 0 Å². The van der Waals surface area contributed by atoms with Gasteiger partial charge in [-0.25, -0.2) is 0 Å². The molecule has 0 radical (unpaired) electrons. The molecule has 2 fully saturated rings. The topological polar surface area (TPSA) is 43.9 Å². The number of ketones is 2. The fourth-order valence-electron chi connectivity index (χ4n) is 6.72. The highest BCUT2D eigenvalue weighted by atomic mass is 16.2. The van der Waals surface area contributed by atoms with Crippen LogP contribution in [0.5, 0.6) is 0 Å². The Morgan fingerprint density at radius 3 is 1.97 bits per heavy atom. The van der Waals surface area contributed by atoms with E-state index >= 15 is 0 Å². The van der Waals surface area contributed by atoms with E-state index in [9.17, 15) is 9.59 Å². The highest BCUT2D eigenvalue weighted by Crippen LogP contribution is 2.44. The van der Waals surface area contributed by atoms with Gasteiger partial charge in [0.1, 0.15) is 0 Å². The number of carbonyl (C=O) groups is 2. The van der Waals surface area contributed by atoms with Gasteiger partial charge in [-0.2, -0.15) is 0 Å². The van der Waals surface area contributed by atoms with E-state index in [1.807, 2.05) is 36.4 Å². The molecule has 0 spiro atoms. The van der Waals surface area contributed by atoms with Crippen LogP contribution < -0.4 is 4.90 Å². The molecule has 3 aromatic rings. The van der Waals surface area contributed by atoms with E-state index in [2.05, 4.69) is 58.0 Å². The molecule has 2 aliphatic heterocycles. The fourth-order valence-corrected chi connectivity index (χ4v) is 6.72. The first-order valence-corrected chi connectivity index (χ1v) is 14.2. The van der Waals surface area contributed by atoms with Crippen LogP contribution in [-0.2, 0) is 18.5 Å². The Morgan fingerprint density at radius 1 is 0.684 bits per heavy atom. The summed E-state index contributed by atoms with van der Waals surface area (Å²) in [7, 11) is 0. The molecule has 0 bridgehead atoms. The molecule has 2 heterocycles. The summed E-state index contributed by atoms with van der Waals surface area (Å²) in [5.41, 5.74) is 4.51. The monoisotopic (exact) mass is 507 g/mol. The van der Waals surface area contributed by atoms with Crippen LogP contribution in [0.4, 0.5) is 5.69 Å². The predicted octanol–water partition coefficient (Wildman–Crippen LogP) is 5.33. The third kappa shape index (κ3) is 4.18. The van der Waals surface area contributed by atoms with Gasteiger partial charge in [-0.3, -0.25) is 19.4 Å².